The number of sulfonamides is 1. The van der Waals surface area contributed by atoms with E-state index in [2.05, 4.69) is 20.2 Å². The van der Waals surface area contributed by atoms with Crippen LogP contribution in [0.3, 0.4) is 0 Å². The Morgan fingerprint density at radius 3 is 2.65 bits per heavy atom. The van der Waals surface area contributed by atoms with Gasteiger partial charge in [0.25, 0.3) is 15.9 Å². The summed E-state index contributed by atoms with van der Waals surface area (Å²) in [5.74, 6) is 1.25. The van der Waals surface area contributed by atoms with Gasteiger partial charge in [-0.3, -0.25) is 9.10 Å². The smallest absolute Gasteiger partial charge is 0.281 e. The molecule has 43 heavy (non-hydrogen) atoms. The molecule has 4 aromatic rings. The first kappa shape index (κ1) is 32.4. The van der Waals surface area contributed by atoms with Gasteiger partial charge in [-0.25, -0.2) is 9.87 Å². The maximum Gasteiger partial charge on any atom is 0.281 e. The number of H-pyrrole nitrogens is 1. The minimum atomic E-state index is -4.03. The van der Waals surface area contributed by atoms with E-state index < -0.39 is 21.2 Å². The maximum atomic E-state index is 13.4. The van der Waals surface area contributed by atoms with Gasteiger partial charge in [-0.1, -0.05) is 36.4 Å². The maximum absolute atomic E-state index is 13.4. The molecule has 228 valence electrons. The first-order valence-electron chi connectivity index (χ1n) is 13.2. The van der Waals surface area contributed by atoms with Gasteiger partial charge in [-0.05, 0) is 36.2 Å². The van der Waals surface area contributed by atoms with Crippen LogP contribution < -0.4 is 14.4 Å². The van der Waals surface area contributed by atoms with Crippen molar-refractivity contribution in [3.8, 4) is 5.75 Å². The molecule has 0 aliphatic rings. The quantitative estimate of drug-likeness (QED) is 0.0551. The highest BCUT2D eigenvalue weighted by Gasteiger charge is 2.26. The Kier molecular flexibility index (Phi) is 11.9. The number of aromatic nitrogens is 2. The Bertz CT molecular complexity index is 1600. The van der Waals surface area contributed by atoms with E-state index in [1.807, 2.05) is 30.3 Å². The van der Waals surface area contributed by atoms with Crippen LogP contribution in [-0.2, 0) is 29.8 Å². The van der Waals surface area contributed by atoms with E-state index >= 15 is 0 Å². The third-order valence-corrected chi connectivity index (χ3v) is 9.79. The second kappa shape index (κ2) is 15.8. The molecule has 1 amide bonds. The predicted octanol–water partition coefficient (Wildman–Crippen LogP) is 4.61. The fourth-order valence-corrected chi connectivity index (χ4v) is 6.43. The number of fused-ring (bicyclic) bond motifs is 1. The second-order valence-corrected chi connectivity index (χ2v) is 13.1. The van der Waals surface area contributed by atoms with Crippen molar-refractivity contribution >= 4 is 62.6 Å². The number of rotatable bonds is 17. The number of hydrogen-bond donors (Lipinski definition) is 2. The number of hydrogen-bond acceptors (Lipinski definition) is 10. The Hall–Kier alpha value is -3.56. The lowest BCUT2D eigenvalue weighted by Gasteiger charge is -2.20. The minimum absolute atomic E-state index is 0.121. The number of carbonyl (C=O) groups excluding carboxylic acids is 2. The first-order chi connectivity index (χ1) is 20.8. The molecule has 0 saturated heterocycles. The van der Waals surface area contributed by atoms with E-state index in [9.17, 15) is 18.0 Å². The monoisotopic (exact) mass is 644 g/mol. The Balaban J connectivity index is 1.54. The number of carbonyl (C=O) groups is 2. The second-order valence-electron chi connectivity index (χ2n) is 9.17. The molecular weight excluding hydrogens is 613 g/mol. The van der Waals surface area contributed by atoms with Gasteiger partial charge in [0.05, 0.1) is 30.2 Å². The number of ether oxygens (including phenoxy) is 1. The summed E-state index contributed by atoms with van der Waals surface area (Å²) in [4.78, 5) is 36.4. The van der Waals surface area contributed by atoms with Gasteiger partial charge in [-0.15, -0.1) is 11.8 Å². The molecular formula is C29H32N4O7S3. The molecule has 1 atom stereocenters. The average molecular weight is 645 g/mol. The zero-order valence-corrected chi connectivity index (χ0v) is 26.0. The van der Waals surface area contributed by atoms with Crippen molar-refractivity contribution in [2.45, 2.75) is 22.4 Å². The largest absolute Gasteiger partial charge is 0.493 e. The summed E-state index contributed by atoms with van der Waals surface area (Å²) in [6.07, 6.45) is 2.87. The number of benzene rings is 2. The molecule has 0 fully saturated rings. The number of aromatic amines is 1. The molecule has 2 heterocycles. The molecule has 0 radical (unpaired) electrons. The van der Waals surface area contributed by atoms with Crippen LogP contribution in [0.5, 0.6) is 5.75 Å². The van der Waals surface area contributed by atoms with Crippen LogP contribution in [0.15, 0.2) is 78.0 Å². The van der Waals surface area contributed by atoms with E-state index in [0.717, 1.165) is 28.2 Å². The highest BCUT2D eigenvalue weighted by atomic mass is 32.2. The van der Waals surface area contributed by atoms with Crippen molar-refractivity contribution in [3.05, 3.63) is 84.2 Å². The summed E-state index contributed by atoms with van der Waals surface area (Å²) in [6.45, 7) is 0.475. The zero-order valence-electron chi connectivity index (χ0n) is 23.6. The fraction of sp³-hybridized carbons (Fsp3) is 0.276. The Labute approximate surface area is 258 Å². The van der Waals surface area contributed by atoms with Crippen molar-refractivity contribution < 1.29 is 32.0 Å². The Morgan fingerprint density at radius 1 is 1.14 bits per heavy atom. The normalized spacial score (nSPS) is 12.1. The van der Waals surface area contributed by atoms with E-state index in [0.29, 0.717) is 41.2 Å². The number of nitrogens with zero attached hydrogens (tertiary/aromatic N) is 2. The molecule has 0 bridgehead atoms. The summed E-state index contributed by atoms with van der Waals surface area (Å²) in [6, 6.07) is 19.3. The van der Waals surface area contributed by atoms with Crippen LogP contribution in [-0.4, -0.2) is 68.9 Å². The van der Waals surface area contributed by atoms with Crippen LogP contribution >= 0.6 is 23.8 Å². The molecule has 0 aliphatic carbocycles. The minimum Gasteiger partial charge on any atom is -0.493 e. The highest BCUT2D eigenvalue weighted by Crippen LogP contribution is 2.34. The number of pyridine rings is 1. The van der Waals surface area contributed by atoms with Crippen molar-refractivity contribution in [1.29, 1.82) is 0 Å². The molecule has 2 aromatic carbocycles. The van der Waals surface area contributed by atoms with Gasteiger partial charge < -0.3 is 19.8 Å². The molecule has 1 unspecified atom stereocenters. The van der Waals surface area contributed by atoms with Gasteiger partial charge in [0.1, 0.15) is 17.7 Å². The number of amides is 1. The van der Waals surface area contributed by atoms with E-state index in [-0.39, 0.29) is 23.0 Å². The summed E-state index contributed by atoms with van der Waals surface area (Å²) in [5, 5.41) is 2.82. The van der Waals surface area contributed by atoms with Crippen LogP contribution in [0.1, 0.15) is 22.5 Å². The fourth-order valence-electron chi connectivity index (χ4n) is 4.02. The van der Waals surface area contributed by atoms with Crippen molar-refractivity contribution in [2.75, 3.05) is 37.4 Å². The average Bonchev–Trinajstić information content (AvgIpc) is 3.47. The third kappa shape index (κ3) is 8.74. The number of aldehydes is 1. The van der Waals surface area contributed by atoms with Crippen molar-refractivity contribution in [1.82, 2.24) is 15.3 Å². The van der Waals surface area contributed by atoms with Crippen molar-refractivity contribution in [3.63, 3.8) is 0 Å². The molecule has 0 aliphatic heterocycles. The lowest BCUT2D eigenvalue weighted by Crippen LogP contribution is -2.31. The molecule has 2 N–H and O–H groups in total. The topological polar surface area (TPSA) is 140 Å². The summed E-state index contributed by atoms with van der Waals surface area (Å²) in [5.41, 5.74) is 1.99. The molecule has 11 nitrogen and oxygen atoms in total. The summed E-state index contributed by atoms with van der Waals surface area (Å²) in [7, 11) is -1.19. The molecule has 14 heteroatoms. The van der Waals surface area contributed by atoms with Crippen LogP contribution in [0.4, 0.5) is 5.69 Å². The molecule has 0 saturated carbocycles. The SMILES string of the molecule is COOSCCCOc1cc(N(C)S(=O)(=O)c2ccccn2)c2[nH]c(C(=O)NCC(C=O)SCc3ccccc3)cc2c1. The Morgan fingerprint density at radius 2 is 1.93 bits per heavy atom. The van der Waals surface area contributed by atoms with Gasteiger partial charge in [0.15, 0.2) is 5.03 Å². The summed E-state index contributed by atoms with van der Waals surface area (Å²) >= 11 is 2.58. The van der Waals surface area contributed by atoms with Gasteiger partial charge in [0, 0.05) is 54.8 Å². The third-order valence-electron chi connectivity index (χ3n) is 6.21. The lowest BCUT2D eigenvalue weighted by atomic mass is 10.2. The van der Waals surface area contributed by atoms with E-state index in [1.54, 1.807) is 30.3 Å². The standard InChI is InChI=1S/C29H32N4O7S3/c1-33(43(36,37)27-11-6-7-12-30-27)26-17-23(39-13-8-14-42-40-38-2)15-22-16-25(32-28(22)26)29(35)31-18-24(19-34)41-20-21-9-4-3-5-10-21/h3-7,9-12,15-17,19,24,32H,8,13-14,18,20H2,1-2H3,(H,31,35). The van der Waals surface area contributed by atoms with Crippen LogP contribution in [0.25, 0.3) is 10.9 Å². The van der Waals surface area contributed by atoms with Crippen LogP contribution in [0, 0.1) is 0 Å². The molecule has 4 rings (SSSR count). The number of anilines is 1. The van der Waals surface area contributed by atoms with Gasteiger partial charge in [-0.2, -0.15) is 12.8 Å². The first-order valence-corrected chi connectivity index (χ1v) is 16.6. The van der Waals surface area contributed by atoms with Gasteiger partial charge in [0.2, 0.25) is 0 Å². The number of nitrogens with one attached hydrogen (secondary N) is 2. The van der Waals surface area contributed by atoms with E-state index in [4.69, 9.17) is 9.07 Å². The van der Waals surface area contributed by atoms with Gasteiger partial charge >= 0.3 is 0 Å². The molecule has 0 spiro atoms. The van der Waals surface area contributed by atoms with Crippen molar-refractivity contribution in [2.24, 2.45) is 0 Å². The van der Waals surface area contributed by atoms with E-state index in [1.165, 1.54) is 38.2 Å². The molecule has 2 aromatic heterocycles. The summed E-state index contributed by atoms with van der Waals surface area (Å²) < 4.78 is 38.7. The predicted molar refractivity (Wildman–Crippen MR) is 169 cm³/mol. The number of thioether (sulfide) groups is 1. The van der Waals surface area contributed by atoms with Crippen LogP contribution in [0.2, 0.25) is 0 Å². The highest BCUT2D eigenvalue weighted by molar-refractivity contribution is 7.99. The zero-order chi connectivity index (χ0) is 30.7. The lowest BCUT2D eigenvalue weighted by molar-refractivity contribution is -0.160.